The monoisotopic (exact) mass is 366 g/mol. The van der Waals surface area contributed by atoms with Crippen molar-refractivity contribution >= 4 is 29.1 Å². The van der Waals surface area contributed by atoms with Crippen molar-refractivity contribution in [1.29, 1.82) is 0 Å². The molecule has 2 heterocycles. The van der Waals surface area contributed by atoms with Gasteiger partial charge in [-0.3, -0.25) is 14.9 Å². The van der Waals surface area contributed by atoms with E-state index in [1.807, 2.05) is 6.92 Å². The van der Waals surface area contributed by atoms with Crippen LogP contribution in [0.15, 0.2) is 11.1 Å². The molecule has 0 radical (unpaired) electrons. The Morgan fingerprint density at radius 3 is 2.60 bits per heavy atom. The molecular weight excluding hydrogens is 336 g/mol. The number of carbonyl (C=O) groups excluding carboxylic acids is 2. The Bertz CT molecular complexity index is 575. The van der Waals surface area contributed by atoms with Crippen LogP contribution in [-0.4, -0.2) is 53.5 Å². The van der Waals surface area contributed by atoms with Gasteiger partial charge in [0.1, 0.15) is 0 Å². The summed E-state index contributed by atoms with van der Waals surface area (Å²) in [4.78, 5) is 26.8. The van der Waals surface area contributed by atoms with E-state index >= 15 is 0 Å². The standard InChI is InChI=1S/C18H30N4O2S/c1-4-6-7-8-9-18(14-13(3)15(23)21-16(14)24)12-19-10-11-22(18)17(25)20-5-2/h19H,4-12H2,1-3H3,(H,20,25)(H,21,23,24). The molecule has 7 heteroatoms. The smallest absolute Gasteiger partial charge is 0.256 e. The molecule has 2 aliphatic heterocycles. The predicted octanol–water partition coefficient (Wildman–Crippen LogP) is 1.47. The number of nitrogens with one attached hydrogen (secondary N) is 3. The highest BCUT2D eigenvalue weighted by Crippen LogP contribution is 2.36. The van der Waals surface area contributed by atoms with Gasteiger partial charge in [-0.25, -0.2) is 0 Å². The Morgan fingerprint density at radius 1 is 1.24 bits per heavy atom. The van der Waals surface area contributed by atoms with Gasteiger partial charge in [-0.05, 0) is 32.5 Å². The van der Waals surface area contributed by atoms with Crippen LogP contribution < -0.4 is 16.0 Å². The molecule has 2 aliphatic rings. The van der Waals surface area contributed by atoms with Crippen molar-refractivity contribution in [3.8, 4) is 0 Å². The summed E-state index contributed by atoms with van der Waals surface area (Å²) in [5, 5.41) is 9.77. The van der Waals surface area contributed by atoms with E-state index in [2.05, 4.69) is 27.8 Å². The number of thiocarbonyl (C=S) groups is 1. The minimum absolute atomic E-state index is 0.272. The molecule has 140 valence electrons. The van der Waals surface area contributed by atoms with E-state index in [1.165, 1.54) is 6.42 Å². The molecule has 0 aromatic carbocycles. The molecule has 1 unspecified atom stereocenters. The topological polar surface area (TPSA) is 73.5 Å². The molecule has 1 atom stereocenters. The normalized spacial score (nSPS) is 23.9. The summed E-state index contributed by atoms with van der Waals surface area (Å²) in [5.74, 6) is -0.557. The Morgan fingerprint density at radius 2 is 2.00 bits per heavy atom. The van der Waals surface area contributed by atoms with Crippen molar-refractivity contribution < 1.29 is 9.59 Å². The molecule has 0 aromatic heterocycles. The van der Waals surface area contributed by atoms with E-state index < -0.39 is 5.54 Å². The fraction of sp³-hybridized carbons (Fsp3) is 0.722. The first-order valence-corrected chi connectivity index (χ1v) is 9.72. The van der Waals surface area contributed by atoms with Crippen LogP contribution >= 0.6 is 12.2 Å². The van der Waals surface area contributed by atoms with E-state index in [4.69, 9.17) is 12.2 Å². The fourth-order valence-electron chi connectivity index (χ4n) is 3.86. The average Bonchev–Trinajstić information content (AvgIpc) is 2.85. The third-order valence-electron chi connectivity index (χ3n) is 5.10. The maximum absolute atomic E-state index is 12.6. The first-order valence-electron chi connectivity index (χ1n) is 9.31. The maximum Gasteiger partial charge on any atom is 0.256 e. The van der Waals surface area contributed by atoms with Gasteiger partial charge in [0.15, 0.2) is 5.11 Å². The number of nitrogens with zero attached hydrogens (tertiary/aromatic N) is 1. The van der Waals surface area contributed by atoms with Gasteiger partial charge in [-0.2, -0.15) is 0 Å². The van der Waals surface area contributed by atoms with Gasteiger partial charge < -0.3 is 15.5 Å². The minimum Gasteiger partial charge on any atom is -0.363 e. The molecule has 2 rings (SSSR count). The lowest BCUT2D eigenvalue weighted by Crippen LogP contribution is -2.66. The molecule has 1 saturated heterocycles. The Labute approximate surface area is 155 Å². The van der Waals surface area contributed by atoms with E-state index in [1.54, 1.807) is 6.92 Å². The Hall–Kier alpha value is -1.47. The number of hydrogen-bond acceptors (Lipinski definition) is 4. The zero-order valence-corrected chi connectivity index (χ0v) is 16.4. The molecule has 1 fully saturated rings. The highest BCUT2D eigenvalue weighted by Gasteiger charge is 2.49. The number of carbonyl (C=O) groups is 2. The van der Waals surface area contributed by atoms with Gasteiger partial charge in [-0.1, -0.05) is 32.6 Å². The van der Waals surface area contributed by atoms with Crippen molar-refractivity contribution in [2.45, 2.75) is 58.4 Å². The largest absolute Gasteiger partial charge is 0.363 e. The van der Waals surface area contributed by atoms with E-state index in [-0.39, 0.29) is 11.8 Å². The maximum atomic E-state index is 12.6. The first kappa shape index (κ1) is 19.8. The lowest BCUT2D eigenvalue weighted by molar-refractivity contribution is -0.124. The Kier molecular flexibility index (Phi) is 6.95. The van der Waals surface area contributed by atoms with Crippen molar-refractivity contribution in [3.05, 3.63) is 11.1 Å². The van der Waals surface area contributed by atoms with Crippen LogP contribution in [0.4, 0.5) is 0 Å². The number of unbranched alkanes of at least 4 members (excludes halogenated alkanes) is 3. The summed E-state index contributed by atoms with van der Waals surface area (Å²) in [6.45, 7) is 8.82. The van der Waals surface area contributed by atoms with E-state index in [9.17, 15) is 9.59 Å². The predicted molar refractivity (Wildman–Crippen MR) is 103 cm³/mol. The quantitative estimate of drug-likeness (QED) is 0.360. The number of amides is 2. The SMILES string of the molecule is CCCCCCC1(C2=C(C)C(=O)NC2=O)CNCCN1C(=S)NCC. The van der Waals surface area contributed by atoms with Crippen molar-refractivity contribution in [3.63, 3.8) is 0 Å². The van der Waals surface area contributed by atoms with Crippen LogP contribution in [0.25, 0.3) is 0 Å². The first-order chi connectivity index (χ1) is 12.0. The summed E-state index contributed by atoms with van der Waals surface area (Å²) in [5.41, 5.74) is 0.543. The summed E-state index contributed by atoms with van der Waals surface area (Å²) >= 11 is 5.61. The van der Waals surface area contributed by atoms with Gasteiger partial charge in [0.25, 0.3) is 11.8 Å². The Balaban J connectivity index is 2.41. The molecule has 0 aliphatic carbocycles. The van der Waals surface area contributed by atoms with Crippen LogP contribution in [-0.2, 0) is 9.59 Å². The second-order valence-electron chi connectivity index (χ2n) is 6.79. The van der Waals surface area contributed by atoms with E-state index in [0.29, 0.717) is 22.8 Å². The van der Waals surface area contributed by atoms with Gasteiger partial charge in [0.05, 0.1) is 11.1 Å². The van der Waals surface area contributed by atoms with E-state index in [0.717, 1.165) is 45.3 Å². The van der Waals surface area contributed by atoms with Crippen molar-refractivity contribution in [2.75, 3.05) is 26.2 Å². The molecule has 0 saturated carbocycles. The third kappa shape index (κ3) is 4.03. The molecule has 0 aromatic rings. The molecule has 2 amide bonds. The minimum atomic E-state index is -0.564. The second-order valence-corrected chi connectivity index (χ2v) is 7.18. The second kappa shape index (κ2) is 8.76. The van der Waals surface area contributed by atoms with Gasteiger partial charge in [0.2, 0.25) is 0 Å². The number of rotatable bonds is 7. The van der Waals surface area contributed by atoms with Crippen LogP contribution in [0.5, 0.6) is 0 Å². The molecule has 3 N–H and O–H groups in total. The number of hydrogen-bond donors (Lipinski definition) is 3. The summed E-state index contributed by atoms with van der Waals surface area (Å²) in [6, 6.07) is 0. The molecule has 6 nitrogen and oxygen atoms in total. The molecule has 25 heavy (non-hydrogen) atoms. The molecule has 0 bridgehead atoms. The van der Waals surface area contributed by atoms with Crippen LogP contribution in [0.2, 0.25) is 0 Å². The third-order valence-corrected chi connectivity index (χ3v) is 5.46. The molecular formula is C18H30N4O2S. The molecule has 0 spiro atoms. The lowest BCUT2D eigenvalue weighted by atomic mass is 9.79. The summed E-state index contributed by atoms with van der Waals surface area (Å²) in [6.07, 6.45) is 5.25. The average molecular weight is 367 g/mol. The van der Waals surface area contributed by atoms with Crippen molar-refractivity contribution in [2.24, 2.45) is 0 Å². The summed E-state index contributed by atoms with van der Waals surface area (Å²) < 4.78 is 0. The zero-order valence-electron chi connectivity index (χ0n) is 15.5. The summed E-state index contributed by atoms with van der Waals surface area (Å²) in [7, 11) is 0. The zero-order chi connectivity index (χ0) is 18.4. The van der Waals surface area contributed by atoms with Gasteiger partial charge in [-0.15, -0.1) is 0 Å². The highest BCUT2D eigenvalue weighted by molar-refractivity contribution is 7.80. The van der Waals surface area contributed by atoms with Crippen LogP contribution in [0.3, 0.4) is 0 Å². The highest BCUT2D eigenvalue weighted by atomic mass is 32.1. The fourth-order valence-corrected chi connectivity index (χ4v) is 4.27. The van der Waals surface area contributed by atoms with Gasteiger partial charge in [0, 0.05) is 31.8 Å². The lowest BCUT2D eigenvalue weighted by Gasteiger charge is -2.49. The van der Waals surface area contributed by atoms with Crippen LogP contribution in [0.1, 0.15) is 52.9 Å². The number of piperazine rings is 1. The number of imide groups is 1. The van der Waals surface area contributed by atoms with Gasteiger partial charge >= 0.3 is 0 Å². The van der Waals surface area contributed by atoms with Crippen molar-refractivity contribution in [1.82, 2.24) is 20.9 Å². The van der Waals surface area contributed by atoms with Crippen LogP contribution in [0, 0.1) is 0 Å².